The largest absolute Gasteiger partial charge is 0.496 e. The van der Waals surface area contributed by atoms with Gasteiger partial charge in [-0.1, -0.05) is 19.4 Å². The Morgan fingerprint density at radius 3 is 2.59 bits per heavy atom. The van der Waals surface area contributed by atoms with Gasteiger partial charge >= 0.3 is 5.97 Å². The number of nitrogens with zero attached hydrogens (tertiary/aromatic N) is 1. The zero-order valence-corrected chi connectivity index (χ0v) is 14.1. The van der Waals surface area contributed by atoms with Crippen molar-refractivity contribution >= 4 is 17.2 Å². The quantitative estimate of drug-likeness (QED) is 0.886. The third-order valence-corrected chi connectivity index (χ3v) is 4.26. The number of allylic oxidation sites excluding steroid dienone is 1. The summed E-state index contributed by atoms with van der Waals surface area (Å²) in [4.78, 5) is 13.8. The SMILES string of the molecule is CCCCN1c2cc(OC)c(C(=O)O)cc2C(C)=CC1(C)C. The normalized spacial score (nSPS) is 16.0. The van der Waals surface area contributed by atoms with Crippen LogP contribution >= 0.6 is 0 Å². The first kappa shape index (κ1) is 16.4. The van der Waals surface area contributed by atoms with E-state index in [9.17, 15) is 9.90 Å². The van der Waals surface area contributed by atoms with E-state index in [1.807, 2.05) is 13.0 Å². The standard InChI is InChI=1S/C18H25NO3/c1-6-7-8-19-15-10-16(22-5)14(17(20)21)9-13(15)12(2)11-18(19,3)4/h9-11H,6-8H2,1-5H3,(H,20,21). The fourth-order valence-electron chi connectivity index (χ4n) is 3.17. The summed E-state index contributed by atoms with van der Waals surface area (Å²) in [7, 11) is 1.52. The van der Waals surface area contributed by atoms with Crippen molar-refractivity contribution < 1.29 is 14.6 Å². The molecule has 0 radical (unpaired) electrons. The van der Waals surface area contributed by atoms with Gasteiger partial charge in [-0.15, -0.1) is 0 Å². The molecule has 0 saturated heterocycles. The van der Waals surface area contributed by atoms with Gasteiger partial charge in [0, 0.05) is 23.9 Å². The number of unbranched alkanes of at least 4 members (excludes halogenated alkanes) is 1. The van der Waals surface area contributed by atoms with E-state index in [4.69, 9.17) is 4.74 Å². The average Bonchev–Trinajstić information content (AvgIpc) is 2.44. The molecule has 120 valence electrons. The second kappa shape index (κ2) is 6.03. The Morgan fingerprint density at radius 1 is 1.36 bits per heavy atom. The van der Waals surface area contributed by atoms with E-state index in [0.29, 0.717) is 5.75 Å². The number of hydrogen-bond donors (Lipinski definition) is 1. The van der Waals surface area contributed by atoms with Gasteiger partial charge in [-0.2, -0.15) is 0 Å². The number of aromatic carboxylic acids is 1. The first-order valence-corrected chi connectivity index (χ1v) is 7.74. The first-order valence-electron chi connectivity index (χ1n) is 7.74. The lowest BCUT2D eigenvalue weighted by molar-refractivity contribution is 0.0693. The van der Waals surface area contributed by atoms with Crippen LogP contribution in [0.1, 0.15) is 56.5 Å². The molecule has 0 unspecified atom stereocenters. The Labute approximate surface area is 132 Å². The molecule has 22 heavy (non-hydrogen) atoms. The van der Waals surface area contributed by atoms with Crippen molar-refractivity contribution in [2.45, 2.75) is 46.1 Å². The van der Waals surface area contributed by atoms with Crippen LogP contribution in [0.4, 0.5) is 5.69 Å². The van der Waals surface area contributed by atoms with E-state index < -0.39 is 5.97 Å². The third kappa shape index (κ3) is 2.82. The van der Waals surface area contributed by atoms with Crippen LogP contribution in [0.5, 0.6) is 5.75 Å². The van der Waals surface area contributed by atoms with Crippen molar-refractivity contribution in [1.29, 1.82) is 0 Å². The van der Waals surface area contributed by atoms with E-state index in [1.165, 1.54) is 7.11 Å². The maximum Gasteiger partial charge on any atom is 0.339 e. The lowest BCUT2D eigenvalue weighted by Crippen LogP contribution is -2.45. The molecule has 4 heteroatoms. The monoisotopic (exact) mass is 303 g/mol. The lowest BCUT2D eigenvalue weighted by atomic mass is 9.87. The van der Waals surface area contributed by atoms with E-state index in [-0.39, 0.29) is 11.1 Å². The minimum atomic E-state index is -0.961. The van der Waals surface area contributed by atoms with E-state index in [1.54, 1.807) is 6.07 Å². The Kier molecular flexibility index (Phi) is 4.50. The van der Waals surface area contributed by atoms with E-state index in [2.05, 4.69) is 31.7 Å². The number of carboxylic acid groups (broad SMARTS) is 1. The number of carbonyl (C=O) groups is 1. The van der Waals surface area contributed by atoms with Crippen molar-refractivity contribution in [3.63, 3.8) is 0 Å². The van der Waals surface area contributed by atoms with Gasteiger partial charge in [0.15, 0.2) is 0 Å². The molecule has 1 aromatic carbocycles. The number of rotatable bonds is 5. The molecule has 0 spiro atoms. The molecule has 0 aliphatic carbocycles. The lowest BCUT2D eigenvalue weighted by Gasteiger charge is -2.43. The second-order valence-electron chi connectivity index (χ2n) is 6.36. The summed E-state index contributed by atoms with van der Waals surface area (Å²) in [6.07, 6.45) is 4.43. The molecule has 1 aromatic rings. The summed E-state index contributed by atoms with van der Waals surface area (Å²) >= 11 is 0. The Bertz CT molecular complexity index is 617. The molecule has 0 bridgehead atoms. The topological polar surface area (TPSA) is 49.8 Å². The van der Waals surface area contributed by atoms with Crippen LogP contribution in [0.2, 0.25) is 0 Å². The molecule has 1 aliphatic heterocycles. The molecular formula is C18H25NO3. The number of ether oxygens (including phenoxy) is 1. The molecule has 1 N–H and O–H groups in total. The van der Waals surface area contributed by atoms with E-state index in [0.717, 1.165) is 36.2 Å². The average molecular weight is 303 g/mol. The van der Waals surface area contributed by atoms with Crippen LogP contribution < -0.4 is 9.64 Å². The first-order chi connectivity index (χ1) is 10.3. The third-order valence-electron chi connectivity index (χ3n) is 4.26. The van der Waals surface area contributed by atoms with Crippen LogP contribution in [0, 0.1) is 0 Å². The van der Waals surface area contributed by atoms with Crippen molar-refractivity contribution in [3.8, 4) is 5.75 Å². The van der Waals surface area contributed by atoms with Gasteiger partial charge in [0.1, 0.15) is 11.3 Å². The number of methoxy groups -OCH3 is 1. The number of fused-ring (bicyclic) bond motifs is 1. The highest BCUT2D eigenvalue weighted by Gasteiger charge is 2.32. The predicted octanol–water partition coefficient (Wildman–Crippen LogP) is 4.20. The van der Waals surface area contributed by atoms with Crippen molar-refractivity contribution in [1.82, 2.24) is 0 Å². The zero-order chi connectivity index (χ0) is 16.5. The summed E-state index contributed by atoms with van der Waals surface area (Å²) in [5, 5.41) is 9.38. The smallest absolute Gasteiger partial charge is 0.339 e. The van der Waals surface area contributed by atoms with Gasteiger partial charge in [-0.3, -0.25) is 0 Å². The summed E-state index contributed by atoms with van der Waals surface area (Å²) in [5.74, 6) is -0.546. The van der Waals surface area contributed by atoms with Crippen molar-refractivity contribution in [2.75, 3.05) is 18.6 Å². The molecule has 4 nitrogen and oxygen atoms in total. The molecule has 1 aliphatic rings. The van der Waals surface area contributed by atoms with Crippen molar-refractivity contribution in [3.05, 3.63) is 29.3 Å². The Balaban J connectivity index is 2.62. The minimum absolute atomic E-state index is 0.0952. The molecule has 0 aromatic heterocycles. The predicted molar refractivity (Wildman–Crippen MR) is 89.9 cm³/mol. The van der Waals surface area contributed by atoms with Gasteiger partial charge in [-0.25, -0.2) is 4.79 Å². The van der Waals surface area contributed by atoms with E-state index >= 15 is 0 Å². The summed E-state index contributed by atoms with van der Waals surface area (Å²) < 4.78 is 5.30. The Morgan fingerprint density at radius 2 is 2.05 bits per heavy atom. The van der Waals surface area contributed by atoms with Crippen LogP contribution in [0.15, 0.2) is 18.2 Å². The molecule has 1 heterocycles. The molecule has 0 amide bonds. The highest BCUT2D eigenvalue weighted by Crippen LogP contribution is 2.42. The van der Waals surface area contributed by atoms with Gasteiger partial charge in [0.2, 0.25) is 0 Å². The van der Waals surface area contributed by atoms with Gasteiger partial charge in [0.25, 0.3) is 0 Å². The summed E-state index contributed by atoms with van der Waals surface area (Å²) in [6, 6.07) is 3.60. The molecular weight excluding hydrogens is 278 g/mol. The maximum atomic E-state index is 11.4. The number of carboxylic acids is 1. The number of hydrogen-bond acceptors (Lipinski definition) is 3. The fraction of sp³-hybridized carbons (Fsp3) is 0.500. The van der Waals surface area contributed by atoms with Crippen molar-refractivity contribution in [2.24, 2.45) is 0 Å². The fourth-order valence-corrected chi connectivity index (χ4v) is 3.17. The molecule has 0 atom stereocenters. The Hall–Kier alpha value is -1.97. The highest BCUT2D eigenvalue weighted by atomic mass is 16.5. The number of anilines is 1. The summed E-state index contributed by atoms with van der Waals surface area (Å²) in [5.41, 5.74) is 3.26. The second-order valence-corrected chi connectivity index (χ2v) is 6.36. The molecule has 0 saturated carbocycles. The maximum absolute atomic E-state index is 11.4. The van der Waals surface area contributed by atoms with Gasteiger partial charge < -0.3 is 14.7 Å². The van der Waals surface area contributed by atoms with Gasteiger partial charge in [-0.05, 0) is 38.8 Å². The van der Waals surface area contributed by atoms with Crippen LogP contribution in [0.25, 0.3) is 5.57 Å². The summed E-state index contributed by atoms with van der Waals surface area (Å²) in [6.45, 7) is 9.53. The minimum Gasteiger partial charge on any atom is -0.496 e. The molecule has 2 rings (SSSR count). The van der Waals surface area contributed by atoms with Gasteiger partial charge in [0.05, 0.1) is 12.6 Å². The zero-order valence-electron chi connectivity index (χ0n) is 14.1. The van der Waals surface area contributed by atoms with Crippen LogP contribution in [-0.4, -0.2) is 30.3 Å². The molecule has 0 fully saturated rings. The number of benzene rings is 1. The highest BCUT2D eigenvalue weighted by molar-refractivity contribution is 5.95. The van der Waals surface area contributed by atoms with Crippen LogP contribution in [-0.2, 0) is 0 Å². The van der Waals surface area contributed by atoms with Crippen LogP contribution in [0.3, 0.4) is 0 Å².